The van der Waals surface area contributed by atoms with Gasteiger partial charge < -0.3 is 5.32 Å². The minimum atomic E-state index is -0.798. The molecule has 2 N–H and O–H groups in total. The summed E-state index contributed by atoms with van der Waals surface area (Å²) in [5.74, 6) is -0.225. The number of hydrogen-bond acceptors (Lipinski definition) is 2. The predicted octanol–water partition coefficient (Wildman–Crippen LogP) is 0.667. The smallest absolute Gasteiger partial charge is 0.319 e. The maximum atomic E-state index is 11.8. The topological polar surface area (TPSA) is 58.2 Å². The average molecular weight is 202 g/mol. The zero-order chi connectivity index (χ0) is 10.5. The summed E-state index contributed by atoms with van der Waals surface area (Å²) in [6.45, 7) is 0. The summed E-state index contributed by atoms with van der Waals surface area (Å²) in [5.41, 5.74) is 1.29. The number of carbonyl (C=O) groups excluding carboxylic acids is 2. The zero-order valence-corrected chi connectivity index (χ0v) is 8.04. The van der Waals surface area contributed by atoms with Gasteiger partial charge in [0, 0.05) is 0 Å². The Bertz CT molecular complexity index is 469. The van der Waals surface area contributed by atoms with Crippen LogP contribution in [0.4, 0.5) is 4.79 Å². The van der Waals surface area contributed by atoms with Crippen molar-refractivity contribution in [3.8, 4) is 0 Å². The van der Waals surface area contributed by atoms with E-state index in [1.54, 1.807) is 0 Å². The van der Waals surface area contributed by atoms with Crippen molar-refractivity contribution in [3.05, 3.63) is 35.4 Å². The van der Waals surface area contributed by atoms with Gasteiger partial charge in [0.25, 0.3) is 5.91 Å². The molecule has 1 heterocycles. The van der Waals surface area contributed by atoms with Crippen LogP contribution in [0.2, 0.25) is 0 Å². The highest BCUT2D eigenvalue weighted by Crippen LogP contribution is 2.38. The van der Waals surface area contributed by atoms with Gasteiger partial charge in [-0.2, -0.15) is 0 Å². The molecule has 3 amide bonds. The second kappa shape index (κ2) is 2.59. The van der Waals surface area contributed by atoms with Crippen LogP contribution in [0.5, 0.6) is 0 Å². The summed E-state index contributed by atoms with van der Waals surface area (Å²) in [7, 11) is 0. The van der Waals surface area contributed by atoms with Crippen LogP contribution in [-0.4, -0.2) is 11.9 Å². The molecule has 0 unspecified atom stereocenters. The monoisotopic (exact) mass is 202 g/mol. The fourth-order valence-corrected chi connectivity index (χ4v) is 2.47. The number of nitrogens with one attached hydrogen (secondary N) is 2. The summed E-state index contributed by atoms with van der Waals surface area (Å²) in [4.78, 5) is 23.0. The molecule has 1 aromatic carbocycles. The van der Waals surface area contributed by atoms with Crippen LogP contribution in [0.1, 0.15) is 17.5 Å². The molecule has 2 aliphatic rings. The minimum absolute atomic E-state index is 0.225. The number of urea groups is 1. The van der Waals surface area contributed by atoms with Crippen LogP contribution in [-0.2, 0) is 16.8 Å². The van der Waals surface area contributed by atoms with Crippen molar-refractivity contribution in [2.45, 2.75) is 18.4 Å². The van der Waals surface area contributed by atoms with E-state index in [0.717, 1.165) is 17.5 Å². The number of hydrogen-bond donors (Lipinski definition) is 2. The molecule has 0 saturated carbocycles. The lowest BCUT2D eigenvalue weighted by Gasteiger charge is -2.20. The van der Waals surface area contributed by atoms with Crippen molar-refractivity contribution in [2.24, 2.45) is 0 Å². The van der Waals surface area contributed by atoms with Crippen molar-refractivity contribution in [1.82, 2.24) is 10.6 Å². The first kappa shape index (κ1) is 8.47. The molecule has 76 valence electrons. The van der Waals surface area contributed by atoms with Crippen LogP contribution in [0.3, 0.4) is 0 Å². The minimum Gasteiger partial charge on any atom is -0.319 e. The summed E-state index contributed by atoms with van der Waals surface area (Å²) in [6.07, 6.45) is 1.49. The van der Waals surface area contributed by atoms with E-state index in [0.29, 0.717) is 6.42 Å². The van der Waals surface area contributed by atoms with Crippen molar-refractivity contribution in [3.63, 3.8) is 0 Å². The van der Waals surface area contributed by atoms with Crippen LogP contribution in [0.15, 0.2) is 24.3 Å². The number of fused-ring (bicyclic) bond motifs is 2. The molecule has 0 bridgehead atoms. The lowest BCUT2D eigenvalue weighted by Crippen LogP contribution is -2.41. The third kappa shape index (κ3) is 0.960. The van der Waals surface area contributed by atoms with E-state index in [4.69, 9.17) is 0 Å². The summed E-state index contributed by atoms with van der Waals surface area (Å²) < 4.78 is 0. The van der Waals surface area contributed by atoms with Gasteiger partial charge in [-0.3, -0.25) is 10.1 Å². The van der Waals surface area contributed by atoms with Gasteiger partial charge in [-0.15, -0.1) is 0 Å². The SMILES string of the molecule is O=C1NC(=O)[C@@]2(CCc3ccccc32)N1. The van der Waals surface area contributed by atoms with E-state index in [9.17, 15) is 9.59 Å². The van der Waals surface area contributed by atoms with Gasteiger partial charge in [0.15, 0.2) is 0 Å². The standard InChI is InChI=1S/C11H10N2O2/c14-9-11(13-10(15)12-9)6-5-7-3-1-2-4-8(7)11/h1-4H,5-6H2,(H2,12,13,14,15)/t11-/m0/s1. The Morgan fingerprint density at radius 2 is 2.00 bits per heavy atom. The van der Waals surface area contributed by atoms with Gasteiger partial charge >= 0.3 is 6.03 Å². The molecule has 4 nitrogen and oxygen atoms in total. The van der Waals surface area contributed by atoms with Gasteiger partial charge in [-0.05, 0) is 24.0 Å². The Balaban J connectivity index is 2.17. The molecule has 0 aromatic heterocycles. The van der Waals surface area contributed by atoms with Crippen molar-refractivity contribution >= 4 is 11.9 Å². The van der Waals surface area contributed by atoms with Crippen molar-refractivity contribution in [1.29, 1.82) is 0 Å². The molecule has 3 rings (SSSR count). The third-order valence-electron chi connectivity index (χ3n) is 3.19. The highest BCUT2D eigenvalue weighted by atomic mass is 16.2. The Hall–Kier alpha value is -1.84. The number of amides is 3. The maximum absolute atomic E-state index is 11.8. The molecule has 1 atom stereocenters. The fraction of sp³-hybridized carbons (Fsp3) is 0.273. The van der Waals surface area contributed by atoms with E-state index >= 15 is 0 Å². The van der Waals surface area contributed by atoms with Gasteiger partial charge in [-0.1, -0.05) is 24.3 Å². The van der Waals surface area contributed by atoms with Gasteiger partial charge in [-0.25, -0.2) is 4.79 Å². The second-order valence-corrected chi connectivity index (χ2v) is 3.97. The number of benzene rings is 1. The summed E-state index contributed by atoms with van der Waals surface area (Å²) >= 11 is 0. The first-order valence-electron chi connectivity index (χ1n) is 4.94. The van der Waals surface area contributed by atoms with Crippen molar-refractivity contribution in [2.75, 3.05) is 0 Å². The number of carbonyl (C=O) groups is 2. The molecular weight excluding hydrogens is 192 g/mol. The first-order chi connectivity index (χ1) is 7.22. The lowest BCUT2D eigenvalue weighted by molar-refractivity contribution is -0.124. The van der Waals surface area contributed by atoms with Gasteiger partial charge in [0.2, 0.25) is 0 Å². The van der Waals surface area contributed by atoms with E-state index in [1.807, 2.05) is 24.3 Å². The third-order valence-corrected chi connectivity index (χ3v) is 3.19. The van der Waals surface area contributed by atoms with E-state index < -0.39 is 11.6 Å². The van der Waals surface area contributed by atoms with Crippen LogP contribution in [0.25, 0.3) is 0 Å². The molecule has 15 heavy (non-hydrogen) atoms. The van der Waals surface area contributed by atoms with E-state index in [1.165, 1.54) is 0 Å². The van der Waals surface area contributed by atoms with Crippen LogP contribution < -0.4 is 10.6 Å². The number of rotatable bonds is 0. The Morgan fingerprint density at radius 1 is 1.20 bits per heavy atom. The molecule has 1 fully saturated rings. The largest absolute Gasteiger partial charge is 0.322 e. The molecule has 0 radical (unpaired) electrons. The zero-order valence-electron chi connectivity index (χ0n) is 8.04. The highest BCUT2D eigenvalue weighted by Gasteiger charge is 2.51. The van der Waals surface area contributed by atoms with E-state index in [-0.39, 0.29) is 5.91 Å². The Labute approximate surface area is 86.7 Å². The highest BCUT2D eigenvalue weighted by molar-refractivity contribution is 6.08. The number of aryl methyl sites for hydroxylation is 1. The van der Waals surface area contributed by atoms with Crippen LogP contribution >= 0.6 is 0 Å². The van der Waals surface area contributed by atoms with Gasteiger partial charge in [0.1, 0.15) is 5.54 Å². The van der Waals surface area contributed by atoms with Crippen molar-refractivity contribution < 1.29 is 9.59 Å². The lowest BCUT2D eigenvalue weighted by atomic mass is 9.92. The molecule has 1 aromatic rings. The van der Waals surface area contributed by atoms with E-state index in [2.05, 4.69) is 10.6 Å². The maximum Gasteiger partial charge on any atom is 0.322 e. The quantitative estimate of drug-likeness (QED) is 0.607. The molecule has 4 heteroatoms. The average Bonchev–Trinajstić information content (AvgIpc) is 2.72. The molecule has 1 aliphatic carbocycles. The fourth-order valence-electron chi connectivity index (χ4n) is 2.47. The molecular formula is C11H10N2O2. The molecule has 1 aliphatic heterocycles. The summed E-state index contributed by atoms with van der Waals surface area (Å²) in [5, 5.41) is 5.04. The van der Waals surface area contributed by atoms with Crippen LogP contribution in [0, 0.1) is 0 Å². The Kier molecular flexibility index (Phi) is 1.46. The summed E-state index contributed by atoms with van der Waals surface area (Å²) in [6, 6.07) is 7.36. The second-order valence-electron chi connectivity index (χ2n) is 3.97. The normalized spacial score (nSPS) is 27.7. The Morgan fingerprint density at radius 3 is 2.73 bits per heavy atom. The number of imide groups is 1. The molecule has 1 spiro atoms. The van der Waals surface area contributed by atoms with Gasteiger partial charge in [0.05, 0.1) is 0 Å². The first-order valence-corrected chi connectivity index (χ1v) is 4.94. The predicted molar refractivity (Wildman–Crippen MR) is 53.1 cm³/mol. The molecule has 1 saturated heterocycles.